The molecule has 1 rings (SSSR count). The van der Waals surface area contributed by atoms with Crippen LogP contribution in [0, 0.1) is 0 Å². The molecule has 1 aromatic rings. The van der Waals surface area contributed by atoms with Gasteiger partial charge in [-0.3, -0.25) is 15.0 Å². The summed E-state index contributed by atoms with van der Waals surface area (Å²) in [4.78, 5) is 55.0. The van der Waals surface area contributed by atoms with E-state index in [1.807, 2.05) is 0 Å². The largest absolute Gasteiger partial charge is 0.478 e. The second-order valence-electron chi connectivity index (χ2n) is 2.37. The molecule has 0 aliphatic rings. The fourth-order valence-electron chi connectivity index (χ4n) is 0.546. The van der Waals surface area contributed by atoms with E-state index in [1.54, 1.807) is 15.0 Å². The van der Waals surface area contributed by atoms with Crippen LogP contribution >= 0.6 is 0 Å². The number of H-pyrrole nitrogens is 3. The lowest BCUT2D eigenvalue weighted by Gasteiger charge is -1.77. The number of aromatic amines is 3. The monoisotopic (exact) mass is 245 g/mol. The van der Waals surface area contributed by atoms with Gasteiger partial charge in [-0.1, -0.05) is 0 Å². The van der Waals surface area contributed by atoms with E-state index in [-0.39, 0.29) is 0 Å². The van der Waals surface area contributed by atoms with Crippen molar-refractivity contribution in [1.82, 2.24) is 15.0 Å². The van der Waals surface area contributed by atoms with Crippen LogP contribution in [-0.2, 0) is 9.59 Å². The molecule has 92 valence electrons. The molecule has 1 aromatic heterocycles. The van der Waals surface area contributed by atoms with Crippen LogP contribution in [-0.4, -0.2) is 37.1 Å². The molecule has 0 amide bonds. The molecule has 0 atom stereocenters. The van der Waals surface area contributed by atoms with Crippen molar-refractivity contribution in [3.63, 3.8) is 0 Å². The van der Waals surface area contributed by atoms with Crippen molar-refractivity contribution in [3.8, 4) is 0 Å². The van der Waals surface area contributed by atoms with Crippen LogP contribution in [0.15, 0.2) is 26.5 Å². The van der Waals surface area contributed by atoms with Crippen LogP contribution in [0.2, 0.25) is 0 Å². The third-order valence-electron chi connectivity index (χ3n) is 1.05. The SMILES string of the molecule is O=C(O)/C=C\C(=O)O.O=c1[nH]c(=O)[nH]c(=O)[nH]1. The number of hydrogen-bond donors (Lipinski definition) is 5. The van der Waals surface area contributed by atoms with E-state index >= 15 is 0 Å². The van der Waals surface area contributed by atoms with E-state index < -0.39 is 29.0 Å². The zero-order valence-corrected chi connectivity index (χ0v) is 8.09. The number of aromatic nitrogens is 3. The normalized spacial score (nSPS) is 9.41. The molecule has 0 unspecified atom stereocenters. The molecule has 0 aromatic carbocycles. The standard InChI is InChI=1S/C4H4O4.C3H3N3O3/c5-3(6)1-2-4(7)8;7-1-4-2(8)6-3(9)5-1/h1-2H,(H,5,6)(H,7,8);(H3,4,5,6,7,8,9)/b2-1-;. The molecular formula is C7H7N3O7. The second-order valence-corrected chi connectivity index (χ2v) is 2.37. The quantitative estimate of drug-likeness (QED) is 0.357. The number of aliphatic carboxylic acids is 2. The number of rotatable bonds is 2. The van der Waals surface area contributed by atoms with Crippen molar-refractivity contribution in [3.05, 3.63) is 43.6 Å². The van der Waals surface area contributed by atoms with Crippen LogP contribution in [0.1, 0.15) is 0 Å². The Morgan fingerprint density at radius 2 is 1.00 bits per heavy atom. The predicted molar refractivity (Wildman–Crippen MR) is 52.7 cm³/mol. The summed E-state index contributed by atoms with van der Waals surface area (Å²) >= 11 is 0. The number of carboxylic acid groups (broad SMARTS) is 2. The average Bonchev–Trinajstić information content (AvgIpc) is 2.13. The molecule has 17 heavy (non-hydrogen) atoms. The molecule has 0 spiro atoms. The number of carboxylic acids is 2. The Labute approximate surface area is 91.3 Å². The van der Waals surface area contributed by atoms with Crippen molar-refractivity contribution >= 4 is 11.9 Å². The van der Waals surface area contributed by atoms with Gasteiger partial charge >= 0.3 is 29.0 Å². The zero-order chi connectivity index (χ0) is 13.4. The minimum absolute atomic E-state index is 0.558. The van der Waals surface area contributed by atoms with Crippen LogP contribution in [0.25, 0.3) is 0 Å². The van der Waals surface area contributed by atoms with Crippen molar-refractivity contribution in [1.29, 1.82) is 0 Å². The highest BCUT2D eigenvalue weighted by Gasteiger charge is 1.88. The molecule has 0 bridgehead atoms. The zero-order valence-electron chi connectivity index (χ0n) is 8.09. The maximum Gasteiger partial charge on any atom is 0.330 e. The van der Waals surface area contributed by atoms with Gasteiger partial charge in [0.05, 0.1) is 0 Å². The van der Waals surface area contributed by atoms with Crippen molar-refractivity contribution < 1.29 is 19.8 Å². The fourth-order valence-corrected chi connectivity index (χ4v) is 0.546. The van der Waals surface area contributed by atoms with Gasteiger partial charge in [0.1, 0.15) is 0 Å². The Bertz CT molecular complexity index is 496. The average molecular weight is 245 g/mol. The summed E-state index contributed by atoms with van der Waals surface area (Å²) in [5.74, 6) is -2.51. The van der Waals surface area contributed by atoms with E-state index in [0.29, 0.717) is 12.2 Å². The van der Waals surface area contributed by atoms with Gasteiger partial charge in [0.2, 0.25) is 0 Å². The summed E-state index contributed by atoms with van der Waals surface area (Å²) in [6, 6.07) is 0. The Morgan fingerprint density at radius 3 is 1.18 bits per heavy atom. The Morgan fingerprint density at radius 1 is 0.765 bits per heavy atom. The van der Waals surface area contributed by atoms with Gasteiger partial charge in [0.15, 0.2) is 0 Å². The van der Waals surface area contributed by atoms with Gasteiger partial charge in [0.25, 0.3) is 0 Å². The number of nitrogens with one attached hydrogen (secondary N) is 3. The van der Waals surface area contributed by atoms with E-state index in [0.717, 1.165) is 0 Å². The molecule has 0 radical (unpaired) electrons. The summed E-state index contributed by atoms with van der Waals surface area (Å²) in [5.41, 5.74) is -2.41. The van der Waals surface area contributed by atoms with E-state index in [4.69, 9.17) is 10.2 Å². The lowest BCUT2D eigenvalue weighted by Crippen LogP contribution is -2.34. The molecule has 5 N–H and O–H groups in total. The smallest absolute Gasteiger partial charge is 0.330 e. The maximum atomic E-state index is 10.2. The van der Waals surface area contributed by atoms with Gasteiger partial charge in [-0.05, 0) is 0 Å². The number of carbonyl (C=O) groups is 2. The third kappa shape index (κ3) is 8.11. The van der Waals surface area contributed by atoms with Gasteiger partial charge in [0, 0.05) is 12.2 Å². The highest BCUT2D eigenvalue weighted by Crippen LogP contribution is 1.70. The van der Waals surface area contributed by atoms with E-state index in [9.17, 15) is 24.0 Å². The highest BCUT2D eigenvalue weighted by molar-refractivity contribution is 5.89. The van der Waals surface area contributed by atoms with E-state index in [2.05, 4.69) is 0 Å². The Balaban J connectivity index is 0.000000304. The minimum Gasteiger partial charge on any atom is -0.478 e. The second kappa shape index (κ2) is 6.55. The topological polar surface area (TPSA) is 173 Å². The molecule has 0 aliphatic heterocycles. The summed E-state index contributed by atoms with van der Waals surface area (Å²) in [7, 11) is 0. The molecule has 10 heteroatoms. The summed E-state index contributed by atoms with van der Waals surface area (Å²) in [5, 5.41) is 15.6. The summed E-state index contributed by atoms with van der Waals surface area (Å²) in [6.45, 7) is 0. The van der Waals surface area contributed by atoms with Crippen LogP contribution < -0.4 is 17.1 Å². The van der Waals surface area contributed by atoms with Crippen LogP contribution in [0.3, 0.4) is 0 Å². The Hall–Kier alpha value is -2.91. The maximum absolute atomic E-state index is 10.2. The molecule has 0 fully saturated rings. The first-order chi connectivity index (χ1) is 7.81. The number of hydrogen-bond acceptors (Lipinski definition) is 5. The molecule has 10 nitrogen and oxygen atoms in total. The van der Waals surface area contributed by atoms with Gasteiger partial charge in [-0.15, -0.1) is 0 Å². The first-order valence-electron chi connectivity index (χ1n) is 3.88. The van der Waals surface area contributed by atoms with Crippen LogP contribution in [0.5, 0.6) is 0 Å². The minimum atomic E-state index is -1.26. The van der Waals surface area contributed by atoms with Gasteiger partial charge in [-0.2, -0.15) is 0 Å². The highest BCUT2D eigenvalue weighted by atomic mass is 16.4. The lowest BCUT2D eigenvalue weighted by molar-refractivity contribution is -0.134. The molecule has 0 saturated heterocycles. The Kier molecular flexibility index (Phi) is 5.43. The fraction of sp³-hybridized carbons (Fsp3) is 0. The molecule has 1 heterocycles. The van der Waals surface area contributed by atoms with Gasteiger partial charge in [-0.25, -0.2) is 24.0 Å². The summed E-state index contributed by atoms with van der Waals surface area (Å²) in [6.07, 6.45) is 1.12. The van der Waals surface area contributed by atoms with Crippen molar-refractivity contribution in [2.24, 2.45) is 0 Å². The van der Waals surface area contributed by atoms with E-state index in [1.165, 1.54) is 0 Å². The molecule has 0 aliphatic carbocycles. The van der Waals surface area contributed by atoms with Crippen LogP contribution in [0.4, 0.5) is 0 Å². The summed E-state index contributed by atoms with van der Waals surface area (Å²) < 4.78 is 0. The first kappa shape index (κ1) is 14.1. The third-order valence-corrected chi connectivity index (χ3v) is 1.05. The first-order valence-corrected chi connectivity index (χ1v) is 3.88. The van der Waals surface area contributed by atoms with Gasteiger partial charge < -0.3 is 10.2 Å². The molecule has 0 saturated carbocycles. The predicted octanol–water partition coefficient (Wildman–Crippen LogP) is -2.54. The van der Waals surface area contributed by atoms with Crippen molar-refractivity contribution in [2.45, 2.75) is 0 Å². The molecular weight excluding hydrogens is 238 g/mol. The van der Waals surface area contributed by atoms with Crippen molar-refractivity contribution in [2.75, 3.05) is 0 Å². The lowest BCUT2D eigenvalue weighted by atomic mass is 10.5.